The third-order valence-corrected chi connectivity index (χ3v) is 5.79. The molecule has 1 aromatic heterocycles. The predicted molar refractivity (Wildman–Crippen MR) is 110 cm³/mol. The van der Waals surface area contributed by atoms with Crippen LogP contribution >= 0.6 is 11.6 Å². The highest BCUT2D eigenvalue weighted by Gasteiger charge is 2.32. The number of nitrogens with one attached hydrogen (secondary N) is 1. The number of halogens is 1. The number of nitrogens with zero attached hydrogens (tertiary/aromatic N) is 2. The van der Waals surface area contributed by atoms with E-state index in [0.717, 1.165) is 53.0 Å². The van der Waals surface area contributed by atoms with Crippen LogP contribution in [0, 0.1) is 0 Å². The van der Waals surface area contributed by atoms with Gasteiger partial charge < -0.3 is 19.7 Å². The topological polar surface area (TPSA) is 46.6 Å². The first-order chi connectivity index (χ1) is 13.0. The fourth-order valence-corrected chi connectivity index (χ4v) is 4.41. The van der Waals surface area contributed by atoms with E-state index in [4.69, 9.17) is 21.1 Å². The van der Waals surface area contributed by atoms with Crippen LogP contribution < -0.4 is 14.8 Å². The Kier molecular flexibility index (Phi) is 5.08. The molecule has 27 heavy (non-hydrogen) atoms. The molecule has 1 N–H and O–H groups in total. The number of hydrogen-bond acceptors (Lipinski definition) is 5. The zero-order chi connectivity index (χ0) is 19.0. The van der Waals surface area contributed by atoms with Gasteiger partial charge in [0.1, 0.15) is 5.15 Å². The highest BCUT2D eigenvalue weighted by molar-refractivity contribution is 6.31. The summed E-state index contributed by atoms with van der Waals surface area (Å²) in [5.74, 6) is 1.47. The van der Waals surface area contributed by atoms with E-state index in [1.54, 1.807) is 7.11 Å². The van der Waals surface area contributed by atoms with Crippen molar-refractivity contribution < 1.29 is 9.47 Å². The molecular formula is C21H28ClN3O2. The Bertz CT molecular complexity index is 847. The molecule has 1 aromatic carbocycles. The molecule has 2 aliphatic heterocycles. The summed E-state index contributed by atoms with van der Waals surface area (Å²) in [6.07, 6.45) is 4.51. The quantitative estimate of drug-likeness (QED) is 0.581. The molecule has 1 saturated heterocycles. The van der Waals surface area contributed by atoms with Crippen molar-refractivity contribution in [2.24, 2.45) is 0 Å². The van der Waals surface area contributed by atoms with Crippen LogP contribution in [0.5, 0.6) is 11.5 Å². The summed E-state index contributed by atoms with van der Waals surface area (Å²) in [5, 5.41) is 5.18. The fourth-order valence-electron chi connectivity index (χ4n) is 4.16. The number of rotatable bonds is 6. The molecule has 1 fully saturated rings. The van der Waals surface area contributed by atoms with E-state index in [9.17, 15) is 0 Å². The van der Waals surface area contributed by atoms with E-state index in [1.807, 2.05) is 12.1 Å². The maximum absolute atomic E-state index is 6.47. The number of methoxy groups -OCH3 is 1. The van der Waals surface area contributed by atoms with E-state index in [0.29, 0.717) is 11.8 Å². The minimum atomic E-state index is -0.0279. The van der Waals surface area contributed by atoms with Gasteiger partial charge in [0.15, 0.2) is 11.5 Å². The second kappa shape index (κ2) is 7.36. The summed E-state index contributed by atoms with van der Waals surface area (Å²) in [4.78, 5) is 7.12. The fraction of sp³-hybridized carbons (Fsp3) is 0.571. The van der Waals surface area contributed by atoms with Crippen LogP contribution in [-0.4, -0.2) is 48.8 Å². The second-order valence-electron chi connectivity index (χ2n) is 8.21. The zero-order valence-electron chi connectivity index (χ0n) is 16.4. The summed E-state index contributed by atoms with van der Waals surface area (Å²) in [7, 11) is 1.68. The van der Waals surface area contributed by atoms with Gasteiger partial charge in [0.05, 0.1) is 24.9 Å². The monoisotopic (exact) mass is 389 g/mol. The molecule has 4 rings (SSSR count). The molecule has 0 saturated carbocycles. The third-order valence-electron chi connectivity index (χ3n) is 5.48. The molecule has 6 heteroatoms. The minimum Gasteiger partial charge on any atom is -0.493 e. The van der Waals surface area contributed by atoms with Crippen molar-refractivity contribution in [2.45, 2.75) is 45.1 Å². The molecule has 5 nitrogen and oxygen atoms in total. The van der Waals surface area contributed by atoms with Crippen LogP contribution in [0.15, 0.2) is 12.1 Å². The standard InChI is InChI=1S/C21H28ClN3O2/c1-21(2)13-15-19(24-21)14-11-17(26-3)18(12-16(14)23-20(15)22)27-10-6-9-25-7-4-5-8-25/h11-12,24H,4-10,13H2,1-3H3. The van der Waals surface area contributed by atoms with Crippen molar-refractivity contribution in [3.8, 4) is 11.5 Å². The summed E-state index contributed by atoms with van der Waals surface area (Å²) in [6.45, 7) is 8.54. The molecule has 0 spiro atoms. The van der Waals surface area contributed by atoms with Gasteiger partial charge in [0, 0.05) is 29.1 Å². The van der Waals surface area contributed by atoms with Gasteiger partial charge in [0.25, 0.3) is 0 Å². The lowest BCUT2D eigenvalue weighted by Crippen LogP contribution is -2.27. The number of likely N-dealkylation sites (tertiary alicyclic amines) is 1. The van der Waals surface area contributed by atoms with E-state index in [1.165, 1.54) is 25.9 Å². The van der Waals surface area contributed by atoms with Crippen LogP contribution in [0.1, 0.15) is 38.7 Å². The molecule has 146 valence electrons. The van der Waals surface area contributed by atoms with Crippen LogP contribution in [0.4, 0.5) is 5.69 Å². The SMILES string of the molecule is COc1cc2c3c(c(Cl)nc2cc1OCCCN1CCCC1)CC(C)(C)N3. The number of pyridine rings is 1. The number of anilines is 1. The smallest absolute Gasteiger partial charge is 0.163 e. The van der Waals surface area contributed by atoms with Gasteiger partial charge >= 0.3 is 0 Å². The first-order valence-corrected chi connectivity index (χ1v) is 10.2. The zero-order valence-corrected chi connectivity index (χ0v) is 17.2. The van der Waals surface area contributed by atoms with Gasteiger partial charge in [-0.15, -0.1) is 0 Å². The molecular weight excluding hydrogens is 362 g/mol. The number of ether oxygens (including phenoxy) is 2. The van der Waals surface area contributed by atoms with Crippen LogP contribution in [0.2, 0.25) is 5.15 Å². The average Bonchev–Trinajstić information content (AvgIpc) is 3.25. The summed E-state index contributed by atoms with van der Waals surface area (Å²) in [6, 6.07) is 3.96. The molecule has 0 bridgehead atoms. The lowest BCUT2D eigenvalue weighted by molar-refractivity contribution is 0.254. The van der Waals surface area contributed by atoms with Crippen molar-refractivity contribution in [2.75, 3.05) is 38.7 Å². The van der Waals surface area contributed by atoms with E-state index < -0.39 is 0 Å². The minimum absolute atomic E-state index is 0.0279. The van der Waals surface area contributed by atoms with Gasteiger partial charge in [-0.2, -0.15) is 0 Å². The Labute approximate surface area is 166 Å². The lowest BCUT2D eigenvalue weighted by Gasteiger charge is -2.19. The molecule has 0 unspecified atom stereocenters. The second-order valence-corrected chi connectivity index (χ2v) is 8.57. The predicted octanol–water partition coefficient (Wildman–Crippen LogP) is 4.51. The number of fused-ring (bicyclic) bond motifs is 3. The molecule has 2 aliphatic rings. The van der Waals surface area contributed by atoms with Crippen molar-refractivity contribution in [3.05, 3.63) is 22.8 Å². The normalized spacial score (nSPS) is 18.5. The molecule has 0 aliphatic carbocycles. The Hall–Kier alpha value is -1.72. The largest absolute Gasteiger partial charge is 0.493 e. The third kappa shape index (κ3) is 3.81. The number of benzene rings is 1. The van der Waals surface area contributed by atoms with Gasteiger partial charge in [-0.1, -0.05) is 11.6 Å². The average molecular weight is 390 g/mol. The summed E-state index contributed by atoms with van der Waals surface area (Å²) in [5.41, 5.74) is 2.95. The molecule has 0 radical (unpaired) electrons. The summed E-state index contributed by atoms with van der Waals surface area (Å²) < 4.78 is 11.6. The van der Waals surface area contributed by atoms with Crippen molar-refractivity contribution >= 4 is 28.2 Å². The van der Waals surface area contributed by atoms with Gasteiger partial charge in [0.2, 0.25) is 0 Å². The van der Waals surface area contributed by atoms with E-state index in [2.05, 4.69) is 29.0 Å². The van der Waals surface area contributed by atoms with Crippen molar-refractivity contribution in [3.63, 3.8) is 0 Å². The Morgan fingerprint density at radius 2 is 2.00 bits per heavy atom. The van der Waals surface area contributed by atoms with Crippen molar-refractivity contribution in [1.82, 2.24) is 9.88 Å². The first kappa shape index (κ1) is 18.6. The highest BCUT2D eigenvalue weighted by atomic mass is 35.5. The van der Waals surface area contributed by atoms with Crippen LogP contribution in [0.25, 0.3) is 10.9 Å². The Balaban J connectivity index is 1.56. The number of hydrogen-bond donors (Lipinski definition) is 1. The van der Waals surface area contributed by atoms with Gasteiger partial charge in [-0.05, 0) is 58.7 Å². The maximum atomic E-state index is 6.47. The maximum Gasteiger partial charge on any atom is 0.163 e. The number of aromatic nitrogens is 1. The van der Waals surface area contributed by atoms with Crippen LogP contribution in [-0.2, 0) is 6.42 Å². The van der Waals surface area contributed by atoms with E-state index >= 15 is 0 Å². The Morgan fingerprint density at radius 1 is 1.22 bits per heavy atom. The molecule has 0 atom stereocenters. The molecule has 3 heterocycles. The molecule has 0 amide bonds. The lowest BCUT2D eigenvalue weighted by atomic mass is 10.0. The van der Waals surface area contributed by atoms with Crippen molar-refractivity contribution in [1.29, 1.82) is 0 Å². The van der Waals surface area contributed by atoms with Gasteiger partial charge in [-0.3, -0.25) is 0 Å². The van der Waals surface area contributed by atoms with Crippen LogP contribution in [0.3, 0.4) is 0 Å². The van der Waals surface area contributed by atoms with Gasteiger partial charge in [-0.25, -0.2) is 4.98 Å². The highest BCUT2D eigenvalue weighted by Crippen LogP contribution is 2.43. The summed E-state index contributed by atoms with van der Waals surface area (Å²) >= 11 is 6.47. The first-order valence-electron chi connectivity index (χ1n) is 9.80. The van der Waals surface area contributed by atoms with E-state index in [-0.39, 0.29) is 5.54 Å². The molecule has 2 aromatic rings. The Morgan fingerprint density at radius 3 is 2.74 bits per heavy atom.